The maximum Gasteiger partial charge on any atom is 0.193 e. The minimum atomic E-state index is 0.641. The molecule has 21 heavy (non-hydrogen) atoms. The summed E-state index contributed by atoms with van der Waals surface area (Å²) in [5.41, 5.74) is 0.641. The molecule has 3 aliphatic carbocycles. The summed E-state index contributed by atoms with van der Waals surface area (Å²) in [6.07, 6.45) is 13.1. The van der Waals surface area contributed by atoms with Crippen LogP contribution in [0.5, 0.6) is 0 Å². The van der Waals surface area contributed by atoms with Crippen molar-refractivity contribution in [2.45, 2.75) is 57.8 Å². The molecule has 1 heterocycles. The molecule has 0 aromatic heterocycles. The van der Waals surface area contributed by atoms with E-state index in [0.717, 1.165) is 17.8 Å². The summed E-state index contributed by atoms with van der Waals surface area (Å²) in [6.45, 7) is 3.68. The van der Waals surface area contributed by atoms with Gasteiger partial charge < -0.3 is 10.2 Å². The topological polar surface area (TPSA) is 27.6 Å². The van der Waals surface area contributed by atoms with Gasteiger partial charge in [-0.2, -0.15) is 0 Å². The summed E-state index contributed by atoms with van der Waals surface area (Å²) in [7, 11) is 1.97. The van der Waals surface area contributed by atoms with Crippen LogP contribution in [0.4, 0.5) is 0 Å². The summed E-state index contributed by atoms with van der Waals surface area (Å²) < 4.78 is 0. The summed E-state index contributed by atoms with van der Waals surface area (Å²) in [4.78, 5) is 7.16. The average molecular weight is 289 g/mol. The van der Waals surface area contributed by atoms with E-state index in [0.29, 0.717) is 5.41 Å². The molecule has 4 aliphatic rings. The molecule has 4 rings (SSSR count). The minimum absolute atomic E-state index is 0.641. The maximum atomic E-state index is 4.60. The number of hydrogen-bond acceptors (Lipinski definition) is 1. The Morgan fingerprint density at radius 3 is 2.19 bits per heavy atom. The van der Waals surface area contributed by atoms with E-state index in [9.17, 15) is 0 Å². The van der Waals surface area contributed by atoms with Gasteiger partial charge in [-0.05, 0) is 61.7 Å². The molecule has 0 bridgehead atoms. The van der Waals surface area contributed by atoms with Crippen molar-refractivity contribution in [1.29, 1.82) is 0 Å². The van der Waals surface area contributed by atoms with Crippen LogP contribution in [0.1, 0.15) is 57.8 Å². The predicted molar refractivity (Wildman–Crippen MR) is 87.4 cm³/mol. The first kappa shape index (κ1) is 13.9. The summed E-state index contributed by atoms with van der Waals surface area (Å²) >= 11 is 0. The molecule has 0 spiro atoms. The lowest BCUT2D eigenvalue weighted by Crippen LogP contribution is -2.48. The van der Waals surface area contributed by atoms with Crippen LogP contribution in [0.3, 0.4) is 0 Å². The highest BCUT2D eigenvalue weighted by Crippen LogP contribution is 2.56. The molecule has 0 aromatic carbocycles. The second-order valence-electron chi connectivity index (χ2n) is 8.10. The average Bonchev–Trinajstić information content (AvgIpc) is 3.21. The Labute approximate surface area is 129 Å². The zero-order chi connectivity index (χ0) is 14.3. The zero-order valence-corrected chi connectivity index (χ0v) is 13.6. The fourth-order valence-corrected chi connectivity index (χ4v) is 5.22. The lowest BCUT2D eigenvalue weighted by molar-refractivity contribution is 0.105. The second-order valence-corrected chi connectivity index (χ2v) is 8.10. The van der Waals surface area contributed by atoms with Crippen molar-refractivity contribution in [3.8, 4) is 0 Å². The highest BCUT2D eigenvalue weighted by atomic mass is 15.3. The van der Waals surface area contributed by atoms with E-state index in [1.807, 2.05) is 7.05 Å². The van der Waals surface area contributed by atoms with Gasteiger partial charge in [0, 0.05) is 26.7 Å². The summed E-state index contributed by atoms with van der Waals surface area (Å²) in [5, 5.41) is 3.76. The first-order valence-electron chi connectivity index (χ1n) is 9.26. The van der Waals surface area contributed by atoms with Crippen molar-refractivity contribution in [1.82, 2.24) is 10.2 Å². The molecular formula is C18H31N3. The Bertz CT molecular complexity index is 395. The SMILES string of the molecule is CN=C(NCC1(C2CC2)CCC1)N1CC2CCCCC2C1. The highest BCUT2D eigenvalue weighted by Gasteiger charge is 2.49. The number of guanidine groups is 1. The van der Waals surface area contributed by atoms with Crippen LogP contribution in [-0.2, 0) is 0 Å². The Balaban J connectivity index is 1.35. The monoisotopic (exact) mass is 289 g/mol. The third-order valence-corrected chi connectivity index (χ3v) is 6.88. The number of likely N-dealkylation sites (tertiary alicyclic amines) is 1. The molecule has 3 saturated carbocycles. The lowest BCUT2D eigenvalue weighted by Gasteiger charge is -2.43. The first-order valence-corrected chi connectivity index (χ1v) is 9.26. The van der Waals surface area contributed by atoms with Gasteiger partial charge in [0.05, 0.1) is 0 Å². The van der Waals surface area contributed by atoms with Gasteiger partial charge in [-0.15, -0.1) is 0 Å². The Hall–Kier alpha value is -0.730. The number of aliphatic imine (C=N–C) groups is 1. The molecule has 0 aromatic rings. The van der Waals surface area contributed by atoms with Crippen molar-refractivity contribution in [3.05, 3.63) is 0 Å². The van der Waals surface area contributed by atoms with E-state index >= 15 is 0 Å². The van der Waals surface area contributed by atoms with Gasteiger partial charge >= 0.3 is 0 Å². The van der Waals surface area contributed by atoms with Gasteiger partial charge in [0.15, 0.2) is 5.96 Å². The minimum Gasteiger partial charge on any atom is -0.356 e. The van der Waals surface area contributed by atoms with Crippen LogP contribution in [0, 0.1) is 23.2 Å². The van der Waals surface area contributed by atoms with Gasteiger partial charge in [-0.3, -0.25) is 4.99 Å². The lowest BCUT2D eigenvalue weighted by atomic mass is 9.65. The number of rotatable bonds is 3. The van der Waals surface area contributed by atoms with E-state index in [1.165, 1.54) is 83.4 Å². The fourth-order valence-electron chi connectivity index (χ4n) is 5.22. The Kier molecular flexibility index (Phi) is 3.63. The standard InChI is InChI=1S/C18H31N3/c1-19-17(20-13-18(9-4-10-18)16-7-8-16)21-11-14-5-2-3-6-15(14)12-21/h14-16H,2-13H2,1H3,(H,19,20). The smallest absolute Gasteiger partial charge is 0.193 e. The van der Waals surface area contributed by atoms with Crippen LogP contribution < -0.4 is 5.32 Å². The first-order chi connectivity index (χ1) is 10.3. The van der Waals surface area contributed by atoms with E-state index in [4.69, 9.17) is 0 Å². The molecule has 0 radical (unpaired) electrons. The van der Waals surface area contributed by atoms with E-state index in [2.05, 4.69) is 15.2 Å². The second kappa shape index (κ2) is 5.48. The van der Waals surface area contributed by atoms with Crippen LogP contribution in [0.25, 0.3) is 0 Å². The van der Waals surface area contributed by atoms with Crippen molar-refractivity contribution in [3.63, 3.8) is 0 Å². The van der Waals surface area contributed by atoms with Gasteiger partial charge in [-0.25, -0.2) is 0 Å². The van der Waals surface area contributed by atoms with E-state index in [-0.39, 0.29) is 0 Å². The Morgan fingerprint density at radius 2 is 1.71 bits per heavy atom. The van der Waals surface area contributed by atoms with Crippen molar-refractivity contribution >= 4 is 5.96 Å². The number of nitrogens with zero attached hydrogens (tertiary/aromatic N) is 2. The molecule has 118 valence electrons. The van der Waals surface area contributed by atoms with Crippen molar-refractivity contribution in [2.75, 3.05) is 26.7 Å². The molecule has 2 unspecified atom stereocenters. The van der Waals surface area contributed by atoms with Gasteiger partial charge in [0.2, 0.25) is 0 Å². The summed E-state index contributed by atoms with van der Waals surface area (Å²) in [6, 6.07) is 0. The third-order valence-electron chi connectivity index (χ3n) is 6.88. The normalized spacial score (nSPS) is 35.3. The predicted octanol–water partition coefficient (Wildman–Crippen LogP) is 3.26. The molecule has 1 saturated heterocycles. The Morgan fingerprint density at radius 1 is 1.05 bits per heavy atom. The van der Waals surface area contributed by atoms with Gasteiger partial charge in [0.1, 0.15) is 0 Å². The maximum absolute atomic E-state index is 4.60. The van der Waals surface area contributed by atoms with Crippen LogP contribution in [0.15, 0.2) is 4.99 Å². The third kappa shape index (κ3) is 2.57. The summed E-state index contributed by atoms with van der Waals surface area (Å²) in [5.74, 6) is 4.10. The molecule has 4 fully saturated rings. The van der Waals surface area contributed by atoms with E-state index < -0.39 is 0 Å². The largest absolute Gasteiger partial charge is 0.356 e. The van der Waals surface area contributed by atoms with Crippen molar-refractivity contribution in [2.24, 2.45) is 28.2 Å². The van der Waals surface area contributed by atoms with Gasteiger partial charge in [-0.1, -0.05) is 19.3 Å². The number of nitrogens with one attached hydrogen (secondary N) is 1. The molecule has 1 N–H and O–H groups in total. The van der Waals surface area contributed by atoms with Crippen molar-refractivity contribution < 1.29 is 0 Å². The van der Waals surface area contributed by atoms with E-state index in [1.54, 1.807) is 0 Å². The van der Waals surface area contributed by atoms with Crippen LogP contribution in [-0.4, -0.2) is 37.5 Å². The van der Waals surface area contributed by atoms with Crippen LogP contribution >= 0.6 is 0 Å². The van der Waals surface area contributed by atoms with Gasteiger partial charge in [0.25, 0.3) is 0 Å². The number of hydrogen-bond donors (Lipinski definition) is 1. The zero-order valence-electron chi connectivity index (χ0n) is 13.6. The molecule has 1 aliphatic heterocycles. The number of fused-ring (bicyclic) bond motifs is 1. The molecular weight excluding hydrogens is 258 g/mol. The molecule has 2 atom stereocenters. The molecule has 3 heteroatoms. The van der Waals surface area contributed by atoms with Crippen LogP contribution in [0.2, 0.25) is 0 Å². The quantitative estimate of drug-likeness (QED) is 0.638. The molecule has 0 amide bonds. The highest BCUT2D eigenvalue weighted by molar-refractivity contribution is 5.80. The fraction of sp³-hybridized carbons (Fsp3) is 0.944. The molecule has 3 nitrogen and oxygen atoms in total.